The standard InChI is InChI=1S/C23H33N5O/c1-3-24-23(28-12-11-20(17-28)21-15-26-27(2)16-21)25-14-19-10-7-13-29-22(19)18-8-5-4-6-9-18/h4-6,8-9,15-16,19-20,22H,3,7,10-14,17H2,1-2H3,(H,24,25). The molecule has 1 N–H and O–H groups in total. The Balaban J connectivity index is 1.44. The van der Waals surface area contributed by atoms with Gasteiger partial charge in [-0.1, -0.05) is 30.3 Å². The van der Waals surface area contributed by atoms with Gasteiger partial charge in [-0.05, 0) is 37.3 Å². The number of nitrogens with zero attached hydrogens (tertiary/aromatic N) is 4. The largest absolute Gasteiger partial charge is 0.373 e. The Labute approximate surface area is 174 Å². The summed E-state index contributed by atoms with van der Waals surface area (Å²) >= 11 is 0. The van der Waals surface area contributed by atoms with Gasteiger partial charge in [0.1, 0.15) is 0 Å². The van der Waals surface area contributed by atoms with Crippen molar-refractivity contribution in [3.05, 3.63) is 53.9 Å². The number of nitrogens with one attached hydrogen (secondary N) is 1. The van der Waals surface area contributed by atoms with E-state index in [2.05, 4.69) is 58.8 Å². The van der Waals surface area contributed by atoms with Crippen LogP contribution in [0.25, 0.3) is 0 Å². The molecule has 6 heteroatoms. The molecule has 3 atom stereocenters. The van der Waals surface area contributed by atoms with E-state index in [1.54, 1.807) is 0 Å². The highest BCUT2D eigenvalue weighted by molar-refractivity contribution is 5.80. The number of likely N-dealkylation sites (tertiary alicyclic amines) is 1. The van der Waals surface area contributed by atoms with Gasteiger partial charge < -0.3 is 15.0 Å². The van der Waals surface area contributed by atoms with Crippen LogP contribution >= 0.6 is 0 Å². The van der Waals surface area contributed by atoms with E-state index < -0.39 is 0 Å². The minimum Gasteiger partial charge on any atom is -0.373 e. The highest BCUT2D eigenvalue weighted by Crippen LogP contribution is 2.34. The first-order valence-corrected chi connectivity index (χ1v) is 10.9. The summed E-state index contributed by atoms with van der Waals surface area (Å²) in [7, 11) is 1.98. The Morgan fingerprint density at radius 1 is 1.24 bits per heavy atom. The first-order chi connectivity index (χ1) is 14.2. The molecule has 1 aromatic carbocycles. The van der Waals surface area contributed by atoms with Gasteiger partial charge in [-0.25, -0.2) is 0 Å². The van der Waals surface area contributed by atoms with Gasteiger partial charge in [0.2, 0.25) is 0 Å². The second-order valence-electron chi connectivity index (χ2n) is 8.18. The summed E-state index contributed by atoms with van der Waals surface area (Å²) < 4.78 is 8.05. The predicted molar refractivity (Wildman–Crippen MR) is 116 cm³/mol. The van der Waals surface area contributed by atoms with Crippen LogP contribution in [0.2, 0.25) is 0 Å². The van der Waals surface area contributed by atoms with Crippen LogP contribution in [0.1, 0.15) is 49.3 Å². The molecule has 3 heterocycles. The third-order valence-electron chi connectivity index (χ3n) is 6.07. The molecule has 0 saturated carbocycles. The maximum absolute atomic E-state index is 6.16. The lowest BCUT2D eigenvalue weighted by molar-refractivity contribution is -0.0250. The Hall–Kier alpha value is -2.34. The van der Waals surface area contributed by atoms with Crippen LogP contribution < -0.4 is 5.32 Å². The molecular weight excluding hydrogens is 362 g/mol. The van der Waals surface area contributed by atoms with Crippen molar-refractivity contribution < 1.29 is 4.74 Å². The zero-order chi connectivity index (χ0) is 20.1. The third kappa shape index (κ3) is 4.81. The number of aromatic nitrogens is 2. The number of aryl methyl sites for hydroxylation is 1. The maximum atomic E-state index is 6.16. The van der Waals surface area contributed by atoms with Gasteiger partial charge in [0.05, 0.1) is 12.3 Å². The van der Waals surface area contributed by atoms with Crippen molar-refractivity contribution in [3.8, 4) is 0 Å². The van der Waals surface area contributed by atoms with E-state index in [0.717, 1.165) is 51.6 Å². The van der Waals surface area contributed by atoms with E-state index in [-0.39, 0.29) is 6.10 Å². The molecule has 0 spiro atoms. The van der Waals surface area contributed by atoms with Gasteiger partial charge in [0, 0.05) is 57.9 Å². The molecule has 2 saturated heterocycles. The average molecular weight is 396 g/mol. The van der Waals surface area contributed by atoms with Gasteiger partial charge in [-0.2, -0.15) is 5.10 Å². The molecule has 0 amide bonds. The van der Waals surface area contributed by atoms with Crippen LogP contribution in [0.3, 0.4) is 0 Å². The van der Waals surface area contributed by atoms with E-state index in [4.69, 9.17) is 9.73 Å². The topological polar surface area (TPSA) is 54.7 Å². The van der Waals surface area contributed by atoms with Gasteiger partial charge in [-0.15, -0.1) is 0 Å². The molecule has 29 heavy (non-hydrogen) atoms. The summed E-state index contributed by atoms with van der Waals surface area (Å²) in [5, 5.41) is 7.85. The minimum atomic E-state index is 0.151. The molecule has 156 valence electrons. The van der Waals surface area contributed by atoms with Crippen molar-refractivity contribution in [2.45, 2.75) is 38.2 Å². The lowest BCUT2D eigenvalue weighted by Crippen LogP contribution is -2.40. The monoisotopic (exact) mass is 395 g/mol. The number of hydrogen-bond donors (Lipinski definition) is 1. The first kappa shape index (κ1) is 20.0. The maximum Gasteiger partial charge on any atom is 0.193 e. The van der Waals surface area contributed by atoms with E-state index in [9.17, 15) is 0 Å². The molecular formula is C23H33N5O. The Kier molecular flexibility index (Phi) is 6.49. The summed E-state index contributed by atoms with van der Waals surface area (Å²) in [6.07, 6.45) is 7.73. The van der Waals surface area contributed by atoms with Crippen LogP contribution in [-0.4, -0.2) is 53.4 Å². The summed E-state index contributed by atoms with van der Waals surface area (Å²) in [4.78, 5) is 7.46. The number of guanidine groups is 1. The fourth-order valence-electron chi connectivity index (χ4n) is 4.55. The van der Waals surface area contributed by atoms with E-state index in [0.29, 0.717) is 11.8 Å². The number of benzene rings is 1. The van der Waals surface area contributed by atoms with E-state index in [1.807, 2.05) is 17.9 Å². The number of aliphatic imine (C=N–C) groups is 1. The first-order valence-electron chi connectivity index (χ1n) is 10.9. The van der Waals surface area contributed by atoms with Gasteiger partial charge in [-0.3, -0.25) is 9.67 Å². The molecule has 2 aliphatic rings. The molecule has 0 radical (unpaired) electrons. The average Bonchev–Trinajstić information content (AvgIpc) is 3.41. The summed E-state index contributed by atoms with van der Waals surface area (Å²) in [5.74, 6) is 2.00. The molecule has 2 aromatic rings. The fourth-order valence-corrected chi connectivity index (χ4v) is 4.55. The smallest absolute Gasteiger partial charge is 0.193 e. The second-order valence-corrected chi connectivity index (χ2v) is 8.18. The van der Waals surface area contributed by atoms with Gasteiger partial charge >= 0.3 is 0 Å². The van der Waals surface area contributed by atoms with Crippen molar-refractivity contribution in [3.63, 3.8) is 0 Å². The van der Waals surface area contributed by atoms with Crippen LogP contribution in [0.4, 0.5) is 0 Å². The van der Waals surface area contributed by atoms with Crippen molar-refractivity contribution >= 4 is 5.96 Å². The summed E-state index contributed by atoms with van der Waals surface area (Å²) in [6, 6.07) is 10.6. The number of ether oxygens (including phenoxy) is 1. The normalized spacial score (nSPS) is 25.4. The number of rotatable bonds is 5. The van der Waals surface area contributed by atoms with Gasteiger partial charge in [0.15, 0.2) is 5.96 Å². The third-order valence-corrected chi connectivity index (χ3v) is 6.07. The Morgan fingerprint density at radius 2 is 2.10 bits per heavy atom. The zero-order valence-electron chi connectivity index (χ0n) is 17.6. The quantitative estimate of drug-likeness (QED) is 0.623. The molecule has 0 aliphatic carbocycles. The molecule has 3 unspecified atom stereocenters. The number of hydrogen-bond acceptors (Lipinski definition) is 3. The highest BCUT2D eigenvalue weighted by Gasteiger charge is 2.29. The fraction of sp³-hybridized carbons (Fsp3) is 0.565. The van der Waals surface area contributed by atoms with Crippen molar-refractivity contribution in [2.75, 3.05) is 32.8 Å². The van der Waals surface area contributed by atoms with Crippen LogP contribution in [-0.2, 0) is 11.8 Å². The van der Waals surface area contributed by atoms with Crippen molar-refractivity contribution in [2.24, 2.45) is 18.0 Å². The van der Waals surface area contributed by atoms with Crippen LogP contribution in [0, 0.1) is 5.92 Å². The Morgan fingerprint density at radius 3 is 2.86 bits per heavy atom. The summed E-state index contributed by atoms with van der Waals surface area (Å²) in [5.41, 5.74) is 2.60. The molecule has 6 nitrogen and oxygen atoms in total. The molecule has 1 aromatic heterocycles. The van der Waals surface area contributed by atoms with E-state index >= 15 is 0 Å². The molecule has 2 aliphatic heterocycles. The molecule has 2 fully saturated rings. The zero-order valence-corrected chi connectivity index (χ0v) is 17.6. The predicted octanol–water partition coefficient (Wildman–Crippen LogP) is 3.34. The Bertz CT molecular complexity index is 803. The van der Waals surface area contributed by atoms with E-state index in [1.165, 1.54) is 17.5 Å². The lowest BCUT2D eigenvalue weighted by atomic mass is 9.89. The highest BCUT2D eigenvalue weighted by atomic mass is 16.5. The lowest BCUT2D eigenvalue weighted by Gasteiger charge is -2.32. The SMILES string of the molecule is CCNC(=NCC1CCCOC1c1ccccc1)N1CCC(c2cnn(C)c2)C1. The van der Waals surface area contributed by atoms with Crippen molar-refractivity contribution in [1.82, 2.24) is 20.0 Å². The second kappa shape index (κ2) is 9.44. The summed E-state index contributed by atoms with van der Waals surface area (Å²) in [6.45, 7) is 6.71. The molecule has 4 rings (SSSR count). The van der Waals surface area contributed by atoms with Gasteiger partial charge in [0.25, 0.3) is 0 Å². The van der Waals surface area contributed by atoms with Crippen LogP contribution in [0.5, 0.6) is 0 Å². The van der Waals surface area contributed by atoms with Crippen LogP contribution in [0.15, 0.2) is 47.7 Å². The molecule has 0 bridgehead atoms. The van der Waals surface area contributed by atoms with Crippen molar-refractivity contribution in [1.29, 1.82) is 0 Å². The minimum absolute atomic E-state index is 0.151.